The summed E-state index contributed by atoms with van der Waals surface area (Å²) in [7, 11) is 0. The molecule has 0 bridgehead atoms. The van der Waals surface area contributed by atoms with Crippen LogP contribution in [0.2, 0.25) is 0 Å². The molecule has 1 aromatic rings. The van der Waals surface area contributed by atoms with E-state index in [1.54, 1.807) is 16.8 Å². The van der Waals surface area contributed by atoms with Crippen LogP contribution in [0.3, 0.4) is 0 Å². The number of carboxylic acid groups (broad SMARTS) is 1. The van der Waals surface area contributed by atoms with E-state index in [0.29, 0.717) is 6.54 Å². The second-order valence-corrected chi connectivity index (χ2v) is 4.83. The zero-order valence-corrected chi connectivity index (χ0v) is 13.9. The number of aromatic nitrogens is 1. The lowest BCUT2D eigenvalue weighted by molar-refractivity contribution is -0.684. The number of amides is 1. The number of halogens is 1. The molecule has 0 aliphatic heterocycles. The van der Waals surface area contributed by atoms with Crippen LogP contribution in [-0.2, 0) is 11.3 Å². The molecule has 0 unspecified atom stereocenters. The molecule has 1 aromatic heterocycles. The van der Waals surface area contributed by atoms with Crippen molar-refractivity contribution in [3.63, 3.8) is 0 Å². The topological polar surface area (TPSA) is 70.3 Å². The maximum absolute atomic E-state index is 11.7. The average molecular weight is 359 g/mol. The molecule has 0 fully saturated rings. The Bertz CT molecular complexity index is 452. The normalized spacial score (nSPS) is 9.76. The van der Waals surface area contributed by atoms with Crippen molar-refractivity contribution in [3.8, 4) is 0 Å². The van der Waals surface area contributed by atoms with Crippen molar-refractivity contribution < 1.29 is 36.2 Å². The smallest absolute Gasteiger partial charge is 0.341 e. The zero-order chi connectivity index (χ0) is 14.8. The van der Waals surface area contributed by atoms with Crippen molar-refractivity contribution in [1.29, 1.82) is 0 Å². The highest BCUT2D eigenvalue weighted by atomic mass is 79.9. The molecule has 0 aliphatic carbocycles. The number of rotatable bonds is 9. The molecule has 1 heterocycles. The van der Waals surface area contributed by atoms with Crippen molar-refractivity contribution in [2.45, 2.75) is 45.6 Å². The molecule has 21 heavy (non-hydrogen) atoms. The van der Waals surface area contributed by atoms with Crippen LogP contribution in [-0.4, -0.2) is 23.5 Å². The van der Waals surface area contributed by atoms with E-state index in [-0.39, 0.29) is 35.0 Å². The molecular formula is C15H23BrN2O3. The number of hydrogen-bond acceptors (Lipinski definition) is 2. The van der Waals surface area contributed by atoms with Crippen molar-refractivity contribution >= 4 is 11.9 Å². The molecule has 6 heteroatoms. The molecule has 0 spiro atoms. The molecule has 0 atom stereocenters. The first-order chi connectivity index (χ1) is 9.63. The summed E-state index contributed by atoms with van der Waals surface area (Å²) in [5.41, 5.74) is 0.180. The van der Waals surface area contributed by atoms with Crippen LogP contribution in [0.5, 0.6) is 0 Å². The monoisotopic (exact) mass is 358 g/mol. The Morgan fingerprint density at radius 1 is 1.24 bits per heavy atom. The van der Waals surface area contributed by atoms with Gasteiger partial charge in [-0.3, -0.25) is 4.79 Å². The van der Waals surface area contributed by atoms with Gasteiger partial charge in [-0.2, -0.15) is 4.57 Å². The van der Waals surface area contributed by atoms with Gasteiger partial charge in [-0.1, -0.05) is 32.6 Å². The van der Waals surface area contributed by atoms with Crippen LogP contribution in [0, 0.1) is 0 Å². The highest BCUT2D eigenvalue weighted by molar-refractivity contribution is 5.86. The fourth-order valence-electron chi connectivity index (χ4n) is 1.92. The Morgan fingerprint density at radius 3 is 2.62 bits per heavy atom. The van der Waals surface area contributed by atoms with E-state index in [1.165, 1.54) is 31.5 Å². The molecule has 0 aromatic carbocycles. The average Bonchev–Trinajstić information content (AvgIpc) is 2.43. The number of unbranched alkanes of at least 4 members (excludes halogenated alkanes) is 4. The first-order valence-corrected chi connectivity index (χ1v) is 7.12. The third-order valence-corrected chi connectivity index (χ3v) is 3.03. The van der Waals surface area contributed by atoms with Gasteiger partial charge in [0.25, 0.3) is 5.91 Å². The molecule has 118 valence electrons. The minimum atomic E-state index is -0.990. The number of nitrogens with one attached hydrogen (secondary N) is 1. The molecule has 1 amide bonds. The highest BCUT2D eigenvalue weighted by Gasteiger charge is 2.12. The summed E-state index contributed by atoms with van der Waals surface area (Å²) in [6.07, 6.45) is 8.94. The standard InChI is InChI=1S/C15H22N2O3.BrH/c1-2-3-4-5-6-9-16-14(18)12-17-10-7-8-13(11-17)15(19)20;/h7-8,10-11H,2-6,9,12H2,1H3,(H-,16,18,19,20);1H. The van der Waals surface area contributed by atoms with E-state index in [4.69, 9.17) is 5.11 Å². The first-order valence-electron chi connectivity index (χ1n) is 7.12. The lowest BCUT2D eigenvalue weighted by Crippen LogP contribution is -3.00. The number of carboxylic acids is 1. The molecule has 0 saturated heterocycles. The number of carbonyl (C=O) groups excluding carboxylic acids is 1. The summed E-state index contributed by atoms with van der Waals surface area (Å²) < 4.78 is 1.58. The molecule has 0 aliphatic rings. The summed E-state index contributed by atoms with van der Waals surface area (Å²) in [6.45, 7) is 3.00. The van der Waals surface area contributed by atoms with Crippen LogP contribution in [0.1, 0.15) is 49.4 Å². The van der Waals surface area contributed by atoms with Crippen LogP contribution in [0.4, 0.5) is 0 Å². The summed E-state index contributed by atoms with van der Waals surface area (Å²) in [5.74, 6) is -1.08. The van der Waals surface area contributed by atoms with E-state index in [0.717, 1.165) is 12.8 Å². The van der Waals surface area contributed by atoms with Crippen molar-refractivity contribution in [2.75, 3.05) is 6.54 Å². The maximum Gasteiger partial charge on any atom is 0.341 e. The quantitative estimate of drug-likeness (QED) is 0.428. The fraction of sp³-hybridized carbons (Fsp3) is 0.533. The van der Waals surface area contributed by atoms with Crippen LogP contribution in [0.25, 0.3) is 0 Å². The summed E-state index contributed by atoms with van der Waals surface area (Å²) >= 11 is 0. The molecule has 5 nitrogen and oxygen atoms in total. The summed E-state index contributed by atoms with van der Waals surface area (Å²) in [6, 6.07) is 3.13. The molecular weight excluding hydrogens is 336 g/mol. The third kappa shape index (κ3) is 8.45. The van der Waals surface area contributed by atoms with Gasteiger partial charge in [-0.15, -0.1) is 0 Å². The van der Waals surface area contributed by atoms with Crippen LogP contribution >= 0.6 is 0 Å². The molecule has 1 rings (SSSR count). The lowest BCUT2D eigenvalue weighted by atomic mass is 10.1. The molecule has 0 radical (unpaired) electrons. The van der Waals surface area contributed by atoms with Gasteiger partial charge in [0.15, 0.2) is 12.4 Å². The van der Waals surface area contributed by atoms with E-state index in [2.05, 4.69) is 12.2 Å². The van der Waals surface area contributed by atoms with E-state index >= 15 is 0 Å². The van der Waals surface area contributed by atoms with Gasteiger partial charge >= 0.3 is 5.97 Å². The van der Waals surface area contributed by atoms with Gasteiger partial charge in [-0.05, 0) is 12.5 Å². The van der Waals surface area contributed by atoms with Crippen LogP contribution < -0.4 is 26.9 Å². The minimum absolute atomic E-state index is 0. The Balaban J connectivity index is 0.00000400. The first kappa shape index (κ1) is 19.6. The Hall–Kier alpha value is -1.43. The van der Waals surface area contributed by atoms with E-state index in [1.807, 2.05) is 0 Å². The predicted molar refractivity (Wildman–Crippen MR) is 75.4 cm³/mol. The van der Waals surface area contributed by atoms with E-state index in [9.17, 15) is 9.59 Å². The number of hydrogen-bond donors (Lipinski definition) is 2. The molecule has 2 N–H and O–H groups in total. The lowest BCUT2D eigenvalue weighted by Gasteiger charge is -2.03. The number of pyridine rings is 1. The van der Waals surface area contributed by atoms with Gasteiger partial charge in [0.2, 0.25) is 6.54 Å². The fourth-order valence-corrected chi connectivity index (χ4v) is 1.92. The second-order valence-electron chi connectivity index (χ2n) is 4.83. The van der Waals surface area contributed by atoms with Crippen LogP contribution in [0.15, 0.2) is 24.5 Å². The van der Waals surface area contributed by atoms with E-state index < -0.39 is 5.97 Å². The van der Waals surface area contributed by atoms with Gasteiger partial charge < -0.3 is 27.4 Å². The van der Waals surface area contributed by atoms with Gasteiger partial charge in [0.05, 0.1) is 0 Å². The third-order valence-electron chi connectivity index (χ3n) is 3.03. The van der Waals surface area contributed by atoms with Gasteiger partial charge in [0.1, 0.15) is 5.56 Å². The van der Waals surface area contributed by atoms with Crippen molar-refractivity contribution in [2.24, 2.45) is 0 Å². The zero-order valence-electron chi connectivity index (χ0n) is 12.3. The second kappa shape index (κ2) is 11.3. The maximum atomic E-state index is 11.7. The largest absolute Gasteiger partial charge is 1.00 e. The Labute approximate surface area is 136 Å². The van der Waals surface area contributed by atoms with Gasteiger partial charge in [0, 0.05) is 12.6 Å². The summed E-state index contributed by atoms with van der Waals surface area (Å²) in [5, 5.41) is 11.7. The Morgan fingerprint density at radius 2 is 1.95 bits per heavy atom. The predicted octanol–water partition coefficient (Wildman–Crippen LogP) is -1.24. The van der Waals surface area contributed by atoms with Gasteiger partial charge in [-0.25, -0.2) is 4.79 Å². The number of nitrogens with zero attached hydrogens (tertiary/aromatic N) is 1. The Kier molecular flexibility index (Phi) is 10.5. The number of aromatic carboxylic acids is 1. The SMILES string of the molecule is CCCCCCCNC(=O)C[n+]1cccc(C(=O)O)c1.[Br-]. The van der Waals surface area contributed by atoms with Crippen molar-refractivity contribution in [3.05, 3.63) is 30.1 Å². The summed E-state index contributed by atoms with van der Waals surface area (Å²) in [4.78, 5) is 22.5. The number of carbonyl (C=O) groups is 2. The van der Waals surface area contributed by atoms with Crippen molar-refractivity contribution in [1.82, 2.24) is 5.32 Å². The minimum Gasteiger partial charge on any atom is -1.00 e. The highest BCUT2D eigenvalue weighted by Crippen LogP contribution is 2.01. The molecule has 0 saturated carbocycles.